The highest BCUT2D eigenvalue weighted by molar-refractivity contribution is 7.99. The van der Waals surface area contributed by atoms with E-state index in [4.69, 9.17) is 21.6 Å². The van der Waals surface area contributed by atoms with Crippen LogP contribution >= 0.6 is 23.4 Å². The molecule has 90 valence electrons. The Balaban J connectivity index is 2.29. The van der Waals surface area contributed by atoms with E-state index < -0.39 is 0 Å². The number of rotatable bonds is 3. The molecule has 2 aromatic carbocycles. The molecule has 0 radical (unpaired) electrons. The Morgan fingerprint density at radius 3 is 2.50 bits per heavy atom. The summed E-state index contributed by atoms with van der Waals surface area (Å²) in [6.07, 6.45) is 0. The van der Waals surface area contributed by atoms with Gasteiger partial charge < -0.3 is 4.74 Å². The lowest BCUT2D eigenvalue weighted by molar-refractivity contribution is 0.404. The van der Waals surface area contributed by atoms with Gasteiger partial charge in [0.25, 0.3) is 0 Å². The number of hydrogen-bond acceptors (Lipinski definition) is 3. The highest BCUT2D eigenvalue weighted by atomic mass is 35.5. The molecule has 2 rings (SSSR count). The fourth-order valence-corrected chi connectivity index (χ4v) is 2.48. The van der Waals surface area contributed by atoms with Crippen LogP contribution in [0.15, 0.2) is 52.3 Å². The van der Waals surface area contributed by atoms with Crippen LogP contribution in [-0.2, 0) is 0 Å². The molecule has 0 N–H and O–H groups in total. The topological polar surface area (TPSA) is 33.0 Å². The minimum atomic E-state index is 0.590. The van der Waals surface area contributed by atoms with Crippen molar-refractivity contribution in [2.24, 2.45) is 0 Å². The normalized spacial score (nSPS) is 9.83. The minimum absolute atomic E-state index is 0.590. The number of halogens is 1. The monoisotopic (exact) mass is 275 g/mol. The van der Waals surface area contributed by atoms with Gasteiger partial charge in [0.05, 0.1) is 23.6 Å². The van der Waals surface area contributed by atoms with Crippen molar-refractivity contribution in [2.75, 3.05) is 7.11 Å². The van der Waals surface area contributed by atoms with E-state index in [1.165, 1.54) is 0 Å². The number of benzene rings is 2. The summed E-state index contributed by atoms with van der Waals surface area (Å²) in [5, 5.41) is 9.56. The van der Waals surface area contributed by atoms with E-state index in [9.17, 15) is 0 Å². The summed E-state index contributed by atoms with van der Waals surface area (Å²) in [6.45, 7) is 0. The van der Waals surface area contributed by atoms with Crippen LogP contribution in [0.3, 0.4) is 0 Å². The summed E-state index contributed by atoms with van der Waals surface area (Å²) in [6, 6.07) is 15.1. The number of methoxy groups -OCH3 is 1. The summed E-state index contributed by atoms with van der Waals surface area (Å²) in [4.78, 5) is 2.04. The number of nitriles is 1. The molecule has 0 saturated heterocycles. The van der Waals surface area contributed by atoms with Gasteiger partial charge in [0.15, 0.2) is 0 Å². The van der Waals surface area contributed by atoms with E-state index in [2.05, 4.69) is 6.07 Å². The molecule has 0 spiro atoms. The molecule has 0 aliphatic heterocycles. The van der Waals surface area contributed by atoms with E-state index in [1.807, 2.05) is 30.3 Å². The van der Waals surface area contributed by atoms with Crippen LogP contribution in [0.1, 0.15) is 5.56 Å². The van der Waals surface area contributed by atoms with Gasteiger partial charge in [-0.25, -0.2) is 0 Å². The maximum absolute atomic E-state index is 8.84. The first kappa shape index (κ1) is 12.8. The number of nitrogens with zero attached hydrogens (tertiary/aromatic N) is 1. The molecule has 0 unspecified atom stereocenters. The lowest BCUT2D eigenvalue weighted by Crippen LogP contribution is -1.87. The van der Waals surface area contributed by atoms with Gasteiger partial charge in [-0.2, -0.15) is 5.26 Å². The Hall–Kier alpha value is -1.63. The van der Waals surface area contributed by atoms with Gasteiger partial charge in [-0.3, -0.25) is 0 Å². The van der Waals surface area contributed by atoms with Crippen molar-refractivity contribution >= 4 is 23.4 Å². The van der Waals surface area contributed by atoms with Crippen molar-refractivity contribution in [3.8, 4) is 11.8 Å². The molecule has 0 aliphatic rings. The zero-order valence-electron chi connectivity index (χ0n) is 9.68. The second-order valence-corrected chi connectivity index (χ2v) is 5.09. The summed E-state index contributed by atoms with van der Waals surface area (Å²) < 4.78 is 5.29. The second kappa shape index (κ2) is 5.81. The van der Waals surface area contributed by atoms with Gasteiger partial charge in [0, 0.05) is 9.92 Å². The zero-order chi connectivity index (χ0) is 13.0. The van der Waals surface area contributed by atoms with Gasteiger partial charge >= 0.3 is 0 Å². The molecule has 2 aromatic rings. The summed E-state index contributed by atoms with van der Waals surface area (Å²) >= 11 is 7.42. The highest BCUT2D eigenvalue weighted by Crippen LogP contribution is 2.35. The molecular weight excluding hydrogens is 266 g/mol. The number of hydrogen-bond donors (Lipinski definition) is 0. The Kier molecular flexibility index (Phi) is 4.14. The predicted molar refractivity (Wildman–Crippen MR) is 73.3 cm³/mol. The molecule has 2 nitrogen and oxygen atoms in total. The minimum Gasteiger partial charge on any atom is -0.496 e. The van der Waals surface area contributed by atoms with Gasteiger partial charge in [-0.05, 0) is 42.5 Å². The van der Waals surface area contributed by atoms with E-state index in [-0.39, 0.29) is 0 Å². The molecule has 0 aromatic heterocycles. The quantitative estimate of drug-likeness (QED) is 0.834. The standard InChI is InChI=1S/C14H10ClNOS/c1-17-13-8-10(9-16)2-7-14(13)18-12-5-3-11(15)4-6-12/h2-8H,1H3. The van der Waals surface area contributed by atoms with Crippen molar-refractivity contribution in [3.05, 3.63) is 53.1 Å². The van der Waals surface area contributed by atoms with E-state index in [0.717, 1.165) is 9.79 Å². The Morgan fingerprint density at radius 2 is 1.89 bits per heavy atom. The van der Waals surface area contributed by atoms with Gasteiger partial charge in [0.2, 0.25) is 0 Å². The van der Waals surface area contributed by atoms with Crippen molar-refractivity contribution < 1.29 is 4.74 Å². The van der Waals surface area contributed by atoms with Crippen LogP contribution in [0.25, 0.3) is 0 Å². The zero-order valence-corrected chi connectivity index (χ0v) is 11.3. The van der Waals surface area contributed by atoms with Crippen molar-refractivity contribution in [1.29, 1.82) is 5.26 Å². The summed E-state index contributed by atoms with van der Waals surface area (Å²) in [5.74, 6) is 0.703. The van der Waals surface area contributed by atoms with E-state index in [1.54, 1.807) is 31.0 Å². The Labute approximate surface area is 115 Å². The molecule has 0 fully saturated rings. The first-order valence-corrected chi connectivity index (χ1v) is 6.44. The summed E-state index contributed by atoms with van der Waals surface area (Å²) in [5.41, 5.74) is 0.590. The fraction of sp³-hybridized carbons (Fsp3) is 0.0714. The molecule has 0 amide bonds. The average Bonchev–Trinajstić information content (AvgIpc) is 2.41. The van der Waals surface area contributed by atoms with Crippen molar-refractivity contribution in [3.63, 3.8) is 0 Å². The largest absolute Gasteiger partial charge is 0.496 e. The third kappa shape index (κ3) is 2.98. The molecule has 18 heavy (non-hydrogen) atoms. The van der Waals surface area contributed by atoms with Crippen LogP contribution in [0.2, 0.25) is 5.02 Å². The van der Waals surface area contributed by atoms with Gasteiger partial charge in [-0.1, -0.05) is 23.4 Å². The second-order valence-electron chi connectivity index (χ2n) is 3.53. The predicted octanol–water partition coefficient (Wildman–Crippen LogP) is 4.37. The van der Waals surface area contributed by atoms with Crippen molar-refractivity contribution in [1.82, 2.24) is 0 Å². The molecule has 0 atom stereocenters. The highest BCUT2D eigenvalue weighted by Gasteiger charge is 2.06. The van der Waals surface area contributed by atoms with Crippen molar-refractivity contribution in [2.45, 2.75) is 9.79 Å². The van der Waals surface area contributed by atoms with E-state index in [0.29, 0.717) is 16.3 Å². The van der Waals surface area contributed by atoms with Crippen LogP contribution in [0, 0.1) is 11.3 Å². The maximum Gasteiger partial charge on any atom is 0.134 e. The van der Waals surface area contributed by atoms with E-state index >= 15 is 0 Å². The van der Waals surface area contributed by atoms with Crippen LogP contribution in [0.4, 0.5) is 0 Å². The maximum atomic E-state index is 8.84. The van der Waals surface area contributed by atoms with Gasteiger partial charge in [0.1, 0.15) is 5.75 Å². The molecule has 0 heterocycles. The third-order valence-electron chi connectivity index (χ3n) is 2.33. The lowest BCUT2D eigenvalue weighted by Gasteiger charge is -2.08. The smallest absolute Gasteiger partial charge is 0.134 e. The molecule has 0 saturated carbocycles. The first-order valence-electron chi connectivity index (χ1n) is 5.24. The molecule has 0 aliphatic carbocycles. The average molecular weight is 276 g/mol. The van der Waals surface area contributed by atoms with Crippen LogP contribution in [-0.4, -0.2) is 7.11 Å². The third-order valence-corrected chi connectivity index (χ3v) is 3.65. The van der Waals surface area contributed by atoms with Gasteiger partial charge in [-0.15, -0.1) is 0 Å². The SMILES string of the molecule is COc1cc(C#N)ccc1Sc1ccc(Cl)cc1. The van der Waals surface area contributed by atoms with Crippen LogP contribution < -0.4 is 4.74 Å². The Bertz CT molecular complexity index is 590. The molecule has 4 heteroatoms. The lowest BCUT2D eigenvalue weighted by atomic mass is 10.2. The first-order chi connectivity index (χ1) is 8.72. The number of ether oxygens (including phenoxy) is 1. The fourth-order valence-electron chi connectivity index (χ4n) is 1.45. The molecule has 0 bridgehead atoms. The Morgan fingerprint density at radius 1 is 1.17 bits per heavy atom. The summed E-state index contributed by atoms with van der Waals surface area (Å²) in [7, 11) is 1.60. The van der Waals surface area contributed by atoms with Crippen LogP contribution in [0.5, 0.6) is 5.75 Å². The molecular formula is C14H10ClNOS.